The lowest BCUT2D eigenvalue weighted by Gasteiger charge is -2.29. The normalized spacial score (nSPS) is 27.3. The zero-order valence-electron chi connectivity index (χ0n) is 13.2. The van der Waals surface area contributed by atoms with Crippen molar-refractivity contribution in [3.8, 4) is 0 Å². The highest BCUT2D eigenvalue weighted by Gasteiger charge is 2.34. The third-order valence-corrected chi connectivity index (χ3v) is 4.16. The van der Waals surface area contributed by atoms with Crippen molar-refractivity contribution in [3.05, 3.63) is 0 Å². The van der Waals surface area contributed by atoms with Gasteiger partial charge in [0.2, 0.25) is 0 Å². The molecule has 18 heavy (non-hydrogen) atoms. The number of likely N-dealkylation sites (N-methyl/N-ethyl adjacent to an activating group) is 1. The van der Waals surface area contributed by atoms with Gasteiger partial charge >= 0.3 is 0 Å². The summed E-state index contributed by atoms with van der Waals surface area (Å²) in [6, 6.07) is 2.03. The van der Waals surface area contributed by atoms with Gasteiger partial charge in [0.05, 0.1) is 0 Å². The van der Waals surface area contributed by atoms with E-state index in [-0.39, 0.29) is 0 Å². The van der Waals surface area contributed by atoms with E-state index in [9.17, 15) is 0 Å². The Labute approximate surface area is 114 Å². The molecule has 1 heterocycles. The van der Waals surface area contributed by atoms with Gasteiger partial charge < -0.3 is 10.2 Å². The quantitative estimate of drug-likeness (QED) is 0.751. The Kier molecular flexibility index (Phi) is 6.61. The van der Waals surface area contributed by atoms with E-state index in [0.29, 0.717) is 12.1 Å². The Bertz CT molecular complexity index is 228. The van der Waals surface area contributed by atoms with Gasteiger partial charge in [0.25, 0.3) is 0 Å². The average molecular weight is 255 g/mol. The van der Waals surface area contributed by atoms with E-state index in [4.69, 9.17) is 0 Å². The van der Waals surface area contributed by atoms with Gasteiger partial charge in [-0.2, -0.15) is 0 Å². The Hall–Kier alpha value is -0.120. The summed E-state index contributed by atoms with van der Waals surface area (Å²) in [6.07, 6.45) is 2.59. The van der Waals surface area contributed by atoms with Crippen molar-refractivity contribution in [1.29, 1.82) is 0 Å². The van der Waals surface area contributed by atoms with Crippen molar-refractivity contribution in [1.82, 2.24) is 15.1 Å². The van der Waals surface area contributed by atoms with Crippen molar-refractivity contribution in [3.63, 3.8) is 0 Å². The maximum atomic E-state index is 3.61. The molecule has 0 amide bonds. The fourth-order valence-corrected chi connectivity index (χ4v) is 3.08. The smallest absolute Gasteiger partial charge is 0.0254 e. The minimum absolute atomic E-state index is 0.592. The summed E-state index contributed by atoms with van der Waals surface area (Å²) < 4.78 is 0. The van der Waals surface area contributed by atoms with Crippen LogP contribution in [0.15, 0.2) is 0 Å². The van der Waals surface area contributed by atoms with E-state index in [0.717, 1.165) is 18.5 Å². The van der Waals surface area contributed by atoms with Gasteiger partial charge in [-0.05, 0) is 26.4 Å². The average Bonchev–Trinajstić information content (AvgIpc) is 2.66. The molecule has 1 fully saturated rings. The van der Waals surface area contributed by atoms with E-state index in [1.54, 1.807) is 0 Å². The second-order valence-corrected chi connectivity index (χ2v) is 6.47. The van der Waals surface area contributed by atoms with Crippen LogP contribution < -0.4 is 5.32 Å². The molecule has 3 atom stereocenters. The van der Waals surface area contributed by atoms with Crippen molar-refractivity contribution >= 4 is 0 Å². The topological polar surface area (TPSA) is 18.5 Å². The van der Waals surface area contributed by atoms with Gasteiger partial charge in [-0.15, -0.1) is 0 Å². The lowest BCUT2D eigenvalue weighted by atomic mass is 10.1. The molecule has 1 rings (SSSR count). The first-order valence-electron chi connectivity index (χ1n) is 7.59. The summed E-state index contributed by atoms with van der Waals surface area (Å²) in [6.45, 7) is 12.8. The van der Waals surface area contributed by atoms with Crippen LogP contribution in [0.4, 0.5) is 0 Å². The van der Waals surface area contributed by atoms with Crippen molar-refractivity contribution in [2.24, 2.45) is 5.92 Å². The Balaban J connectivity index is 2.53. The number of hydrogen-bond donors (Lipinski definition) is 1. The molecule has 0 aromatic carbocycles. The molecule has 1 aliphatic heterocycles. The first-order valence-corrected chi connectivity index (χ1v) is 7.59. The molecule has 1 N–H and O–H groups in total. The van der Waals surface area contributed by atoms with Crippen molar-refractivity contribution in [2.75, 3.05) is 33.7 Å². The van der Waals surface area contributed by atoms with Gasteiger partial charge in [-0.1, -0.05) is 34.1 Å². The fourth-order valence-electron chi connectivity index (χ4n) is 3.08. The van der Waals surface area contributed by atoms with Crippen molar-refractivity contribution in [2.45, 2.75) is 58.7 Å². The maximum absolute atomic E-state index is 3.61. The predicted octanol–water partition coefficient (Wildman–Crippen LogP) is 2.04. The fraction of sp³-hybridized carbons (Fsp3) is 1.00. The third kappa shape index (κ3) is 4.52. The van der Waals surface area contributed by atoms with Crippen LogP contribution in [0.5, 0.6) is 0 Å². The molecule has 0 bridgehead atoms. The lowest BCUT2D eigenvalue weighted by Crippen LogP contribution is -2.44. The highest BCUT2D eigenvalue weighted by molar-refractivity contribution is 4.90. The van der Waals surface area contributed by atoms with E-state index in [1.807, 2.05) is 0 Å². The van der Waals surface area contributed by atoms with Gasteiger partial charge in [-0.25, -0.2) is 0 Å². The van der Waals surface area contributed by atoms with Gasteiger partial charge in [0.15, 0.2) is 0 Å². The second-order valence-electron chi connectivity index (χ2n) is 6.47. The zero-order valence-corrected chi connectivity index (χ0v) is 13.2. The van der Waals surface area contributed by atoms with Crippen LogP contribution in [-0.2, 0) is 0 Å². The summed E-state index contributed by atoms with van der Waals surface area (Å²) in [5, 5.41) is 3.61. The van der Waals surface area contributed by atoms with Crippen LogP contribution in [0.1, 0.15) is 40.5 Å². The van der Waals surface area contributed by atoms with Crippen LogP contribution >= 0.6 is 0 Å². The zero-order chi connectivity index (χ0) is 13.7. The summed E-state index contributed by atoms with van der Waals surface area (Å²) >= 11 is 0. The SMILES string of the molecule is CCCC(CNC(C)C)N1CC(C)C(N(C)C)C1. The molecule has 1 aliphatic rings. The molecule has 3 unspecified atom stereocenters. The summed E-state index contributed by atoms with van der Waals surface area (Å²) in [7, 11) is 4.43. The summed E-state index contributed by atoms with van der Waals surface area (Å²) in [5.74, 6) is 0.790. The minimum atomic E-state index is 0.592. The number of rotatable bonds is 7. The first kappa shape index (κ1) is 15.9. The molecule has 1 saturated heterocycles. The maximum Gasteiger partial charge on any atom is 0.0254 e. The van der Waals surface area contributed by atoms with Crippen LogP contribution in [0.2, 0.25) is 0 Å². The Morgan fingerprint density at radius 2 is 1.94 bits per heavy atom. The standard InChI is InChI=1S/C15H33N3/c1-7-8-14(9-16-12(2)3)18-10-13(4)15(11-18)17(5)6/h12-16H,7-11H2,1-6H3. The molecule has 0 aromatic heterocycles. The van der Waals surface area contributed by atoms with Gasteiger partial charge in [0, 0.05) is 37.8 Å². The molecule has 0 spiro atoms. The number of nitrogens with one attached hydrogen (secondary N) is 1. The molecule has 0 aliphatic carbocycles. The van der Waals surface area contributed by atoms with Crippen LogP contribution in [-0.4, -0.2) is 61.7 Å². The number of hydrogen-bond acceptors (Lipinski definition) is 3. The highest BCUT2D eigenvalue weighted by Crippen LogP contribution is 2.23. The van der Waals surface area contributed by atoms with Crippen molar-refractivity contribution < 1.29 is 0 Å². The molecular formula is C15H33N3. The monoisotopic (exact) mass is 255 g/mol. The largest absolute Gasteiger partial charge is 0.313 e. The number of nitrogens with zero attached hydrogens (tertiary/aromatic N) is 2. The molecule has 3 heteroatoms. The van der Waals surface area contributed by atoms with Crippen LogP contribution in [0, 0.1) is 5.92 Å². The predicted molar refractivity (Wildman–Crippen MR) is 80.0 cm³/mol. The van der Waals surface area contributed by atoms with E-state index in [1.165, 1.54) is 25.9 Å². The number of likely N-dealkylation sites (tertiary alicyclic amines) is 1. The van der Waals surface area contributed by atoms with E-state index >= 15 is 0 Å². The second kappa shape index (κ2) is 7.46. The molecule has 0 radical (unpaired) electrons. The van der Waals surface area contributed by atoms with E-state index in [2.05, 4.69) is 56.9 Å². The van der Waals surface area contributed by atoms with E-state index < -0.39 is 0 Å². The Morgan fingerprint density at radius 3 is 2.39 bits per heavy atom. The van der Waals surface area contributed by atoms with Crippen LogP contribution in [0.25, 0.3) is 0 Å². The summed E-state index contributed by atoms with van der Waals surface area (Å²) in [5.41, 5.74) is 0. The highest BCUT2D eigenvalue weighted by atomic mass is 15.3. The molecule has 0 aromatic rings. The molecular weight excluding hydrogens is 222 g/mol. The third-order valence-electron chi connectivity index (χ3n) is 4.16. The molecule has 0 saturated carbocycles. The Morgan fingerprint density at radius 1 is 1.28 bits per heavy atom. The van der Waals surface area contributed by atoms with Gasteiger partial charge in [-0.3, -0.25) is 4.90 Å². The first-order chi connectivity index (χ1) is 8.45. The summed E-state index contributed by atoms with van der Waals surface area (Å²) in [4.78, 5) is 5.10. The lowest BCUT2D eigenvalue weighted by molar-refractivity contribution is 0.198. The minimum Gasteiger partial charge on any atom is -0.313 e. The van der Waals surface area contributed by atoms with Crippen LogP contribution in [0.3, 0.4) is 0 Å². The molecule has 3 nitrogen and oxygen atoms in total. The molecule has 108 valence electrons. The van der Waals surface area contributed by atoms with Gasteiger partial charge in [0.1, 0.15) is 0 Å².